The normalized spacial score (nSPS) is 15.4. The third-order valence-electron chi connectivity index (χ3n) is 3.56. The van der Waals surface area contributed by atoms with Crippen molar-refractivity contribution in [3.8, 4) is 0 Å². The molecule has 1 aliphatic rings. The highest BCUT2D eigenvalue weighted by Gasteiger charge is 2.18. The van der Waals surface area contributed by atoms with Gasteiger partial charge in [0.25, 0.3) is 5.91 Å². The largest absolute Gasteiger partial charge is 0.348 e. The number of rotatable bonds is 2. The summed E-state index contributed by atoms with van der Waals surface area (Å²) >= 11 is 0. The highest BCUT2D eigenvalue weighted by molar-refractivity contribution is 5.93. The van der Waals surface area contributed by atoms with Crippen molar-refractivity contribution in [2.75, 3.05) is 13.1 Å². The molecule has 2 aromatic rings. The van der Waals surface area contributed by atoms with Crippen LogP contribution in [-0.4, -0.2) is 34.4 Å². The van der Waals surface area contributed by atoms with E-state index >= 15 is 0 Å². The van der Waals surface area contributed by atoms with Gasteiger partial charge in [0.05, 0.1) is 6.20 Å². The van der Waals surface area contributed by atoms with Crippen LogP contribution < -0.4 is 10.6 Å². The van der Waals surface area contributed by atoms with E-state index in [9.17, 15) is 4.79 Å². The van der Waals surface area contributed by atoms with Gasteiger partial charge in [0.1, 0.15) is 11.3 Å². The van der Waals surface area contributed by atoms with Crippen molar-refractivity contribution in [3.63, 3.8) is 0 Å². The molecule has 0 radical (unpaired) electrons. The first-order valence-electron chi connectivity index (χ1n) is 7.69. The minimum Gasteiger partial charge on any atom is -0.348 e. The van der Waals surface area contributed by atoms with E-state index in [1.807, 2.05) is 43.5 Å². The molecule has 0 unspecified atom stereocenters. The molecule has 1 saturated heterocycles. The van der Waals surface area contributed by atoms with Crippen molar-refractivity contribution in [2.24, 2.45) is 0 Å². The number of carbonyl (C=O) groups excluding carboxylic acids is 1. The van der Waals surface area contributed by atoms with E-state index < -0.39 is 0 Å². The average molecular weight is 288 g/mol. The van der Waals surface area contributed by atoms with E-state index in [1.54, 1.807) is 6.20 Å². The van der Waals surface area contributed by atoms with Crippen LogP contribution in [0, 0.1) is 6.92 Å². The zero-order valence-electron chi connectivity index (χ0n) is 13.0. The van der Waals surface area contributed by atoms with E-state index in [1.165, 1.54) is 0 Å². The fourth-order valence-electron chi connectivity index (χ4n) is 2.48. The summed E-state index contributed by atoms with van der Waals surface area (Å²) in [7, 11) is 0. The molecule has 1 amide bonds. The number of nitrogens with zero attached hydrogens (tertiary/aromatic N) is 2. The number of amides is 1. The molecule has 2 aromatic heterocycles. The van der Waals surface area contributed by atoms with Crippen LogP contribution in [0.5, 0.6) is 0 Å². The SMILES string of the molecule is CC.Cc1ccc2ncc(C(=O)NC3CCNCC3)n2c1. The minimum absolute atomic E-state index is 0.0370. The number of piperidine rings is 1. The van der Waals surface area contributed by atoms with Crippen molar-refractivity contribution in [1.29, 1.82) is 0 Å². The van der Waals surface area contributed by atoms with Gasteiger partial charge in [-0.25, -0.2) is 4.98 Å². The number of nitrogens with one attached hydrogen (secondary N) is 2. The molecule has 5 nitrogen and oxygen atoms in total. The van der Waals surface area contributed by atoms with Crippen LogP contribution in [0.25, 0.3) is 5.65 Å². The Morgan fingerprint density at radius 1 is 1.33 bits per heavy atom. The summed E-state index contributed by atoms with van der Waals surface area (Å²) in [6, 6.07) is 4.19. The van der Waals surface area contributed by atoms with Gasteiger partial charge in [0, 0.05) is 12.2 Å². The molecule has 0 spiro atoms. The Hall–Kier alpha value is -1.88. The molecule has 1 fully saturated rings. The number of aryl methyl sites for hydroxylation is 1. The van der Waals surface area contributed by atoms with Gasteiger partial charge >= 0.3 is 0 Å². The molecule has 0 atom stereocenters. The van der Waals surface area contributed by atoms with Gasteiger partial charge in [-0.1, -0.05) is 19.9 Å². The first-order chi connectivity index (χ1) is 10.2. The minimum atomic E-state index is -0.0370. The second kappa shape index (κ2) is 7.22. The highest BCUT2D eigenvalue weighted by atomic mass is 16.2. The molecule has 0 aliphatic carbocycles. The molecule has 5 heteroatoms. The summed E-state index contributed by atoms with van der Waals surface area (Å²) in [5, 5.41) is 6.38. The Labute approximate surface area is 125 Å². The molecule has 114 valence electrons. The fourth-order valence-corrected chi connectivity index (χ4v) is 2.48. The summed E-state index contributed by atoms with van der Waals surface area (Å²) in [6.45, 7) is 7.95. The first kappa shape index (κ1) is 15.5. The molecule has 0 saturated carbocycles. The summed E-state index contributed by atoms with van der Waals surface area (Å²) in [5.41, 5.74) is 2.53. The molecule has 0 bridgehead atoms. The lowest BCUT2D eigenvalue weighted by Crippen LogP contribution is -2.43. The van der Waals surface area contributed by atoms with Crippen LogP contribution in [-0.2, 0) is 0 Å². The topological polar surface area (TPSA) is 58.4 Å². The predicted octanol–water partition coefficient (Wildman–Crippen LogP) is 2.15. The lowest BCUT2D eigenvalue weighted by atomic mass is 10.1. The monoisotopic (exact) mass is 288 g/mol. The molecular formula is C16H24N4O. The molecule has 3 heterocycles. The molecular weight excluding hydrogens is 264 g/mol. The number of pyridine rings is 1. The molecule has 0 aromatic carbocycles. The zero-order chi connectivity index (χ0) is 15.2. The van der Waals surface area contributed by atoms with Crippen molar-refractivity contribution >= 4 is 11.6 Å². The number of hydrogen-bond acceptors (Lipinski definition) is 3. The van der Waals surface area contributed by atoms with Crippen molar-refractivity contribution < 1.29 is 4.79 Å². The number of hydrogen-bond donors (Lipinski definition) is 2. The van der Waals surface area contributed by atoms with Gasteiger partial charge < -0.3 is 10.6 Å². The fraction of sp³-hybridized carbons (Fsp3) is 0.500. The van der Waals surface area contributed by atoms with Crippen LogP contribution in [0.1, 0.15) is 42.7 Å². The van der Waals surface area contributed by atoms with Gasteiger partial charge in [-0.2, -0.15) is 0 Å². The van der Waals surface area contributed by atoms with Crippen LogP contribution >= 0.6 is 0 Å². The summed E-state index contributed by atoms with van der Waals surface area (Å²) < 4.78 is 1.85. The van der Waals surface area contributed by atoms with Crippen molar-refractivity contribution in [1.82, 2.24) is 20.0 Å². The second-order valence-corrected chi connectivity index (χ2v) is 5.08. The van der Waals surface area contributed by atoms with Crippen molar-refractivity contribution in [2.45, 2.75) is 39.7 Å². The Balaban J connectivity index is 0.000000774. The van der Waals surface area contributed by atoms with Crippen LogP contribution in [0.4, 0.5) is 0 Å². The van der Waals surface area contributed by atoms with Gasteiger partial charge in [-0.3, -0.25) is 9.20 Å². The predicted molar refractivity (Wildman–Crippen MR) is 84.6 cm³/mol. The summed E-state index contributed by atoms with van der Waals surface area (Å²) in [5.74, 6) is -0.0370. The number of aromatic nitrogens is 2. The van der Waals surface area contributed by atoms with Gasteiger partial charge in [-0.05, 0) is 44.5 Å². The molecule has 1 aliphatic heterocycles. The van der Waals surface area contributed by atoms with E-state index in [0.717, 1.165) is 37.1 Å². The first-order valence-corrected chi connectivity index (χ1v) is 7.69. The number of imidazole rings is 1. The van der Waals surface area contributed by atoms with Gasteiger partial charge in [0.2, 0.25) is 0 Å². The third-order valence-corrected chi connectivity index (χ3v) is 3.56. The Morgan fingerprint density at radius 2 is 2.05 bits per heavy atom. The molecule has 2 N–H and O–H groups in total. The summed E-state index contributed by atoms with van der Waals surface area (Å²) in [6.07, 6.45) is 5.56. The number of carbonyl (C=O) groups is 1. The van der Waals surface area contributed by atoms with E-state index in [-0.39, 0.29) is 11.9 Å². The maximum absolute atomic E-state index is 12.3. The second-order valence-electron chi connectivity index (χ2n) is 5.08. The molecule has 21 heavy (non-hydrogen) atoms. The van der Waals surface area contributed by atoms with Crippen LogP contribution in [0.15, 0.2) is 24.5 Å². The highest BCUT2D eigenvalue weighted by Crippen LogP contribution is 2.10. The zero-order valence-corrected chi connectivity index (χ0v) is 13.0. The lowest BCUT2D eigenvalue weighted by Gasteiger charge is -2.23. The maximum atomic E-state index is 12.3. The Bertz CT molecular complexity index is 599. The molecule has 3 rings (SSSR count). The third kappa shape index (κ3) is 3.61. The quantitative estimate of drug-likeness (QED) is 0.890. The van der Waals surface area contributed by atoms with Crippen LogP contribution in [0.3, 0.4) is 0 Å². The van der Waals surface area contributed by atoms with Crippen molar-refractivity contribution in [3.05, 3.63) is 35.8 Å². The van der Waals surface area contributed by atoms with Gasteiger partial charge in [-0.15, -0.1) is 0 Å². The van der Waals surface area contributed by atoms with Crippen LogP contribution in [0.2, 0.25) is 0 Å². The summed E-state index contributed by atoms with van der Waals surface area (Å²) in [4.78, 5) is 16.6. The van der Waals surface area contributed by atoms with E-state index in [4.69, 9.17) is 0 Å². The average Bonchev–Trinajstić information content (AvgIpc) is 2.93. The maximum Gasteiger partial charge on any atom is 0.270 e. The van der Waals surface area contributed by atoms with E-state index in [2.05, 4.69) is 15.6 Å². The number of fused-ring (bicyclic) bond motifs is 1. The smallest absolute Gasteiger partial charge is 0.270 e. The Morgan fingerprint density at radius 3 is 2.76 bits per heavy atom. The Kier molecular flexibility index (Phi) is 5.33. The van der Waals surface area contributed by atoms with Gasteiger partial charge in [0.15, 0.2) is 0 Å². The lowest BCUT2D eigenvalue weighted by molar-refractivity contribution is 0.0923. The standard InChI is InChI=1S/C14H18N4O.C2H6/c1-10-2-3-13-16-8-12(18(13)9-10)14(19)17-11-4-6-15-7-5-11;1-2/h2-3,8-9,11,15H,4-7H2,1H3,(H,17,19);1-2H3. The van der Waals surface area contributed by atoms with E-state index in [0.29, 0.717) is 5.69 Å².